The van der Waals surface area contributed by atoms with Crippen LogP contribution >= 0.6 is 0 Å². The molecule has 4 aromatic rings. The van der Waals surface area contributed by atoms with Crippen molar-refractivity contribution in [2.24, 2.45) is 0 Å². The van der Waals surface area contributed by atoms with E-state index in [0.29, 0.717) is 28.5 Å². The number of hydrogen-bond acceptors (Lipinski definition) is 6. The van der Waals surface area contributed by atoms with Crippen molar-refractivity contribution in [3.05, 3.63) is 96.0 Å². The van der Waals surface area contributed by atoms with Gasteiger partial charge in [-0.05, 0) is 41.1 Å². The highest BCUT2D eigenvalue weighted by Gasteiger charge is 2.48. The Morgan fingerprint density at radius 1 is 0.882 bits per heavy atom. The van der Waals surface area contributed by atoms with Gasteiger partial charge in [0.1, 0.15) is 17.6 Å². The quantitative estimate of drug-likeness (QED) is 0.257. The average Bonchev–Trinajstić information content (AvgIpc) is 3.49. The van der Waals surface area contributed by atoms with E-state index in [0.717, 1.165) is 10.8 Å². The van der Waals surface area contributed by atoms with Gasteiger partial charge in [0, 0.05) is 17.3 Å². The van der Waals surface area contributed by atoms with Crippen molar-refractivity contribution < 1.29 is 28.6 Å². The Labute approximate surface area is 195 Å². The molecule has 0 radical (unpaired) electrons. The molecule has 3 aromatic carbocycles. The normalized spacial score (nSPS) is 17.4. The summed E-state index contributed by atoms with van der Waals surface area (Å²) in [7, 11) is 3.00. The number of benzene rings is 3. The Hall–Kier alpha value is -4.52. The van der Waals surface area contributed by atoms with Crippen LogP contribution < -0.4 is 14.4 Å². The van der Waals surface area contributed by atoms with Crippen LogP contribution in [0.5, 0.6) is 11.5 Å². The lowest BCUT2D eigenvalue weighted by Gasteiger charge is -2.24. The summed E-state index contributed by atoms with van der Waals surface area (Å²) in [6, 6.07) is 20.3. The summed E-state index contributed by atoms with van der Waals surface area (Å²) in [6.45, 7) is 0. The van der Waals surface area contributed by atoms with E-state index in [1.54, 1.807) is 42.5 Å². The summed E-state index contributed by atoms with van der Waals surface area (Å²) in [5.74, 6) is -0.634. The third kappa shape index (κ3) is 3.38. The second kappa shape index (κ2) is 8.44. The van der Waals surface area contributed by atoms with Crippen molar-refractivity contribution in [2.75, 3.05) is 19.1 Å². The first-order valence-corrected chi connectivity index (χ1v) is 10.6. The van der Waals surface area contributed by atoms with Crippen molar-refractivity contribution in [3.63, 3.8) is 0 Å². The number of fused-ring (bicyclic) bond motifs is 1. The lowest BCUT2D eigenvalue weighted by atomic mass is 9.97. The van der Waals surface area contributed by atoms with Gasteiger partial charge in [0.15, 0.2) is 11.5 Å². The molecular weight excluding hydrogens is 434 g/mol. The maximum absolute atomic E-state index is 13.2. The lowest BCUT2D eigenvalue weighted by Crippen LogP contribution is -2.29. The van der Waals surface area contributed by atoms with Gasteiger partial charge < -0.3 is 19.0 Å². The summed E-state index contributed by atoms with van der Waals surface area (Å²) in [4.78, 5) is 27.8. The molecular formula is C27H21NO6. The van der Waals surface area contributed by atoms with E-state index in [2.05, 4.69) is 0 Å². The minimum atomic E-state index is -0.959. The van der Waals surface area contributed by atoms with Crippen molar-refractivity contribution in [3.8, 4) is 11.5 Å². The zero-order valence-electron chi connectivity index (χ0n) is 18.5. The second-order valence-corrected chi connectivity index (χ2v) is 7.79. The summed E-state index contributed by atoms with van der Waals surface area (Å²) in [5.41, 5.74) is 0.782. The van der Waals surface area contributed by atoms with Crippen molar-refractivity contribution in [1.82, 2.24) is 0 Å². The number of ketones is 1. The monoisotopic (exact) mass is 455 g/mol. The van der Waals surface area contributed by atoms with Crippen LogP contribution in [0.15, 0.2) is 89.0 Å². The number of Topliss-reactive ketones (excluding diaryl/α,β-unsaturated/α-hetero) is 1. The Morgan fingerprint density at radius 3 is 2.35 bits per heavy atom. The topological polar surface area (TPSA) is 89.2 Å². The number of methoxy groups -OCH3 is 2. The number of aliphatic hydroxyl groups is 1. The Morgan fingerprint density at radius 2 is 1.65 bits per heavy atom. The summed E-state index contributed by atoms with van der Waals surface area (Å²) >= 11 is 0. The molecule has 7 nitrogen and oxygen atoms in total. The zero-order valence-corrected chi connectivity index (χ0v) is 18.5. The maximum Gasteiger partial charge on any atom is 0.300 e. The molecule has 1 aliphatic heterocycles. The fourth-order valence-electron chi connectivity index (χ4n) is 4.28. The Kier molecular flexibility index (Phi) is 5.30. The first-order chi connectivity index (χ1) is 16.5. The van der Waals surface area contributed by atoms with E-state index < -0.39 is 17.7 Å². The number of furan rings is 1. The van der Waals surface area contributed by atoms with Gasteiger partial charge in [-0.25, -0.2) is 0 Å². The molecule has 7 heteroatoms. The molecule has 1 saturated heterocycles. The van der Waals surface area contributed by atoms with Crippen molar-refractivity contribution >= 4 is 33.9 Å². The van der Waals surface area contributed by atoms with Gasteiger partial charge in [0.25, 0.3) is 11.7 Å². The highest BCUT2D eigenvalue weighted by atomic mass is 16.5. The fraction of sp³-hybridized carbons (Fsp3) is 0.111. The summed E-state index contributed by atoms with van der Waals surface area (Å²) < 4.78 is 16.3. The number of hydrogen-bond donors (Lipinski definition) is 1. The SMILES string of the molecule is COc1ccc(N2C(=O)C(=O)/C(=C(\O)c3ccc4ccccc4c3)C2c2ccco2)cc1OC. The number of carbonyl (C=O) groups is 2. The van der Waals surface area contributed by atoms with Gasteiger partial charge in [-0.2, -0.15) is 0 Å². The molecule has 2 heterocycles. The number of amides is 1. The van der Waals surface area contributed by atoms with Gasteiger partial charge in [-0.3, -0.25) is 14.5 Å². The molecule has 1 aliphatic rings. The molecule has 1 atom stereocenters. The van der Waals surface area contributed by atoms with Crippen LogP contribution in [0.3, 0.4) is 0 Å². The van der Waals surface area contributed by atoms with Gasteiger partial charge in [-0.1, -0.05) is 36.4 Å². The summed E-state index contributed by atoms with van der Waals surface area (Å²) in [5, 5.41) is 13.2. The molecule has 1 N–H and O–H groups in total. The van der Waals surface area contributed by atoms with Crippen molar-refractivity contribution in [1.29, 1.82) is 0 Å². The van der Waals surface area contributed by atoms with Crippen LogP contribution in [0.25, 0.3) is 16.5 Å². The van der Waals surface area contributed by atoms with Crippen LogP contribution in [0.2, 0.25) is 0 Å². The minimum absolute atomic E-state index is 0.0509. The van der Waals surface area contributed by atoms with E-state index in [9.17, 15) is 14.7 Å². The number of anilines is 1. The van der Waals surface area contributed by atoms with Crippen LogP contribution in [-0.4, -0.2) is 31.0 Å². The number of carbonyl (C=O) groups excluding carboxylic acids is 2. The van der Waals surface area contributed by atoms with Gasteiger partial charge in [0.2, 0.25) is 0 Å². The van der Waals surface area contributed by atoms with Crippen LogP contribution in [0.1, 0.15) is 17.4 Å². The predicted molar refractivity (Wildman–Crippen MR) is 127 cm³/mol. The molecule has 0 aliphatic carbocycles. The minimum Gasteiger partial charge on any atom is -0.507 e. The number of nitrogens with zero attached hydrogens (tertiary/aromatic N) is 1. The Balaban J connectivity index is 1.69. The molecule has 1 aromatic heterocycles. The smallest absolute Gasteiger partial charge is 0.300 e. The number of aliphatic hydroxyl groups excluding tert-OH is 1. The van der Waals surface area contributed by atoms with E-state index in [1.807, 2.05) is 30.3 Å². The second-order valence-electron chi connectivity index (χ2n) is 7.79. The highest BCUT2D eigenvalue weighted by molar-refractivity contribution is 6.51. The average molecular weight is 455 g/mol. The molecule has 1 amide bonds. The van der Waals surface area contributed by atoms with Crippen LogP contribution in [-0.2, 0) is 9.59 Å². The predicted octanol–water partition coefficient (Wildman–Crippen LogP) is 5.08. The molecule has 0 spiro atoms. The summed E-state index contributed by atoms with van der Waals surface area (Å²) in [6.07, 6.45) is 1.46. The van der Waals surface area contributed by atoms with Gasteiger partial charge >= 0.3 is 0 Å². The van der Waals surface area contributed by atoms with Crippen LogP contribution in [0.4, 0.5) is 5.69 Å². The van der Waals surface area contributed by atoms with E-state index in [4.69, 9.17) is 13.9 Å². The van der Waals surface area contributed by atoms with Crippen LogP contribution in [0, 0.1) is 0 Å². The Bertz CT molecular complexity index is 1440. The molecule has 1 unspecified atom stereocenters. The molecule has 170 valence electrons. The van der Waals surface area contributed by atoms with E-state index in [-0.39, 0.29) is 11.3 Å². The first-order valence-electron chi connectivity index (χ1n) is 10.6. The van der Waals surface area contributed by atoms with Gasteiger partial charge in [0.05, 0.1) is 26.1 Å². The third-order valence-corrected chi connectivity index (χ3v) is 5.93. The largest absolute Gasteiger partial charge is 0.507 e. The zero-order chi connectivity index (χ0) is 23.8. The molecule has 0 bridgehead atoms. The van der Waals surface area contributed by atoms with Gasteiger partial charge in [-0.15, -0.1) is 0 Å². The number of rotatable bonds is 5. The number of ether oxygens (including phenoxy) is 2. The third-order valence-electron chi connectivity index (χ3n) is 5.93. The van der Waals surface area contributed by atoms with Crippen molar-refractivity contribution in [2.45, 2.75) is 6.04 Å². The fourth-order valence-corrected chi connectivity index (χ4v) is 4.28. The highest BCUT2D eigenvalue weighted by Crippen LogP contribution is 2.44. The molecule has 5 rings (SSSR count). The standard InChI is InChI=1S/C27H21NO6/c1-32-20-12-11-19(15-22(20)33-2)28-24(21-8-5-13-34-21)23(26(30)27(28)31)25(29)18-10-9-16-6-3-4-7-17(16)14-18/h3-15,24,29H,1-2H3/b25-23-. The maximum atomic E-state index is 13.2. The van der Waals surface area contributed by atoms with E-state index >= 15 is 0 Å². The molecule has 1 fully saturated rings. The molecule has 0 saturated carbocycles. The first kappa shape index (κ1) is 21.3. The lowest BCUT2D eigenvalue weighted by molar-refractivity contribution is -0.132. The van der Waals surface area contributed by atoms with E-state index in [1.165, 1.54) is 25.4 Å². The molecule has 34 heavy (non-hydrogen) atoms.